The number of hydrogen-bond donors (Lipinski definition) is 1. The normalized spacial score (nSPS) is 13.6. The minimum Gasteiger partial charge on any atom is -0.504 e. The quantitative estimate of drug-likeness (QED) is 0.857. The number of esters is 1. The number of phenolic OH excluding ortho intramolecular Hbond substituents is 1. The monoisotopic (exact) mass is 278 g/mol. The Morgan fingerprint density at radius 1 is 1.45 bits per heavy atom. The number of benzene rings is 1. The van der Waals surface area contributed by atoms with Gasteiger partial charge in [-0.1, -0.05) is 0 Å². The fraction of sp³-hybridized carbons (Fsp3) is 0.400. The Kier molecular flexibility index (Phi) is 4.17. The van der Waals surface area contributed by atoms with E-state index in [1.54, 1.807) is 13.0 Å². The van der Waals surface area contributed by atoms with Gasteiger partial charge in [0.2, 0.25) is 0 Å². The van der Waals surface area contributed by atoms with Crippen LogP contribution in [-0.2, 0) is 9.53 Å². The predicted molar refractivity (Wildman–Crippen MR) is 74.0 cm³/mol. The first-order valence-electron chi connectivity index (χ1n) is 6.45. The van der Waals surface area contributed by atoms with Crippen molar-refractivity contribution in [1.82, 2.24) is 0 Å². The van der Waals surface area contributed by atoms with Crippen LogP contribution in [0.25, 0.3) is 5.57 Å². The molecule has 1 aromatic rings. The maximum atomic E-state index is 11.6. The molecule has 0 aromatic heterocycles. The van der Waals surface area contributed by atoms with E-state index in [0.29, 0.717) is 24.7 Å². The maximum absolute atomic E-state index is 11.6. The molecule has 1 N–H and O–H groups in total. The van der Waals surface area contributed by atoms with Gasteiger partial charge >= 0.3 is 5.97 Å². The van der Waals surface area contributed by atoms with Gasteiger partial charge in [-0.3, -0.25) is 4.79 Å². The second-order valence-corrected chi connectivity index (χ2v) is 4.52. The highest BCUT2D eigenvalue weighted by molar-refractivity contribution is 5.81. The summed E-state index contributed by atoms with van der Waals surface area (Å²) in [5, 5.41) is 9.74. The van der Waals surface area contributed by atoms with E-state index in [2.05, 4.69) is 0 Å². The van der Waals surface area contributed by atoms with Gasteiger partial charge in [-0.25, -0.2) is 0 Å². The molecule has 108 valence electrons. The average Bonchev–Trinajstić information content (AvgIpc) is 2.42. The van der Waals surface area contributed by atoms with Crippen molar-refractivity contribution in [2.24, 2.45) is 0 Å². The van der Waals surface area contributed by atoms with E-state index in [1.165, 1.54) is 13.2 Å². The van der Waals surface area contributed by atoms with Gasteiger partial charge in [0.15, 0.2) is 11.5 Å². The highest BCUT2D eigenvalue weighted by atomic mass is 16.5. The summed E-state index contributed by atoms with van der Waals surface area (Å²) in [6, 6.07) is 3.24. The molecule has 0 atom stereocenters. The van der Waals surface area contributed by atoms with Crippen molar-refractivity contribution in [1.29, 1.82) is 0 Å². The number of methoxy groups -OCH3 is 1. The van der Waals surface area contributed by atoms with Gasteiger partial charge in [0.25, 0.3) is 0 Å². The fourth-order valence-corrected chi connectivity index (χ4v) is 2.16. The van der Waals surface area contributed by atoms with E-state index in [4.69, 9.17) is 14.2 Å². The molecule has 0 fully saturated rings. The van der Waals surface area contributed by atoms with Crippen LogP contribution in [0.4, 0.5) is 0 Å². The molecule has 0 aliphatic carbocycles. The third-order valence-electron chi connectivity index (χ3n) is 3.28. The average molecular weight is 278 g/mol. The molecule has 1 aliphatic heterocycles. The van der Waals surface area contributed by atoms with Gasteiger partial charge in [-0.15, -0.1) is 0 Å². The Morgan fingerprint density at radius 3 is 2.85 bits per heavy atom. The van der Waals surface area contributed by atoms with Crippen LogP contribution in [0.3, 0.4) is 0 Å². The van der Waals surface area contributed by atoms with Gasteiger partial charge in [-0.05, 0) is 31.1 Å². The Bertz CT molecular complexity index is 560. The molecule has 5 nitrogen and oxygen atoms in total. The van der Waals surface area contributed by atoms with Crippen molar-refractivity contribution in [3.05, 3.63) is 23.3 Å². The van der Waals surface area contributed by atoms with Crippen LogP contribution < -0.4 is 9.47 Å². The summed E-state index contributed by atoms with van der Waals surface area (Å²) < 4.78 is 15.6. The molecule has 2 rings (SSSR count). The topological polar surface area (TPSA) is 65.0 Å². The molecule has 0 amide bonds. The van der Waals surface area contributed by atoms with Gasteiger partial charge in [-0.2, -0.15) is 0 Å². The Hall–Kier alpha value is -2.17. The number of allylic oxidation sites excluding steroid dienone is 1. The van der Waals surface area contributed by atoms with Crippen LogP contribution in [-0.4, -0.2) is 31.4 Å². The van der Waals surface area contributed by atoms with E-state index in [9.17, 15) is 9.90 Å². The first kappa shape index (κ1) is 14.2. The van der Waals surface area contributed by atoms with Crippen molar-refractivity contribution >= 4 is 11.5 Å². The number of phenols is 1. The molecule has 0 unspecified atom stereocenters. The van der Waals surface area contributed by atoms with Crippen LogP contribution in [0.1, 0.15) is 25.8 Å². The smallest absolute Gasteiger partial charge is 0.310 e. The molecule has 0 radical (unpaired) electrons. The van der Waals surface area contributed by atoms with Gasteiger partial charge in [0.1, 0.15) is 12.4 Å². The number of carbonyl (C=O) groups excluding carboxylic acids is 1. The summed E-state index contributed by atoms with van der Waals surface area (Å²) in [5.74, 6) is 0.741. The molecule has 0 spiro atoms. The molecule has 1 aliphatic rings. The van der Waals surface area contributed by atoms with Crippen molar-refractivity contribution in [3.8, 4) is 17.2 Å². The largest absolute Gasteiger partial charge is 0.504 e. The van der Waals surface area contributed by atoms with Crippen LogP contribution >= 0.6 is 0 Å². The highest BCUT2D eigenvalue weighted by Crippen LogP contribution is 2.41. The molecule has 0 bridgehead atoms. The van der Waals surface area contributed by atoms with E-state index >= 15 is 0 Å². The number of rotatable bonds is 4. The zero-order chi connectivity index (χ0) is 14.7. The molecule has 1 aromatic carbocycles. The molecule has 0 saturated carbocycles. The second kappa shape index (κ2) is 5.86. The van der Waals surface area contributed by atoms with Gasteiger partial charge in [0.05, 0.1) is 20.1 Å². The summed E-state index contributed by atoms with van der Waals surface area (Å²) in [4.78, 5) is 11.6. The lowest BCUT2D eigenvalue weighted by Crippen LogP contribution is -2.15. The van der Waals surface area contributed by atoms with Crippen LogP contribution in [0.2, 0.25) is 0 Å². The van der Waals surface area contributed by atoms with Crippen molar-refractivity contribution in [3.63, 3.8) is 0 Å². The Balaban J connectivity index is 2.34. The van der Waals surface area contributed by atoms with Crippen LogP contribution in [0, 0.1) is 0 Å². The zero-order valence-corrected chi connectivity index (χ0v) is 11.9. The van der Waals surface area contributed by atoms with E-state index in [-0.39, 0.29) is 18.1 Å². The molecule has 5 heteroatoms. The number of carbonyl (C=O) groups is 1. The minimum atomic E-state index is -0.264. The Morgan fingerprint density at radius 2 is 2.20 bits per heavy atom. The predicted octanol–water partition coefficient (Wildman–Crippen LogP) is 2.52. The van der Waals surface area contributed by atoms with Crippen molar-refractivity contribution in [2.45, 2.75) is 20.3 Å². The van der Waals surface area contributed by atoms with E-state index in [1.807, 2.05) is 6.92 Å². The summed E-state index contributed by atoms with van der Waals surface area (Å²) in [6.07, 6.45) is 0.211. The number of ether oxygens (including phenoxy) is 3. The summed E-state index contributed by atoms with van der Waals surface area (Å²) in [5.41, 5.74) is 2.66. The first-order chi connectivity index (χ1) is 9.56. The summed E-state index contributed by atoms with van der Waals surface area (Å²) in [7, 11) is 1.49. The van der Waals surface area contributed by atoms with Crippen LogP contribution in [0.5, 0.6) is 17.2 Å². The van der Waals surface area contributed by atoms with Crippen molar-refractivity contribution < 1.29 is 24.1 Å². The fourth-order valence-electron chi connectivity index (χ4n) is 2.16. The highest BCUT2D eigenvalue weighted by Gasteiger charge is 2.21. The lowest BCUT2D eigenvalue weighted by Gasteiger charge is -2.22. The van der Waals surface area contributed by atoms with Gasteiger partial charge < -0.3 is 19.3 Å². The summed E-state index contributed by atoms with van der Waals surface area (Å²) in [6.45, 7) is 4.39. The second-order valence-electron chi connectivity index (χ2n) is 4.52. The van der Waals surface area contributed by atoms with Crippen LogP contribution in [0.15, 0.2) is 17.7 Å². The molecular formula is C15H18O5. The maximum Gasteiger partial charge on any atom is 0.310 e. The standard InChI is InChI=1S/C15H18O5/c1-4-19-15(17)5-10-8-20-13-7-12(16)14(18-3)6-11(13)9(10)2/h6-7,16H,4-5,8H2,1-3H3. The molecule has 0 saturated heterocycles. The van der Waals surface area contributed by atoms with E-state index in [0.717, 1.165) is 16.7 Å². The lowest BCUT2D eigenvalue weighted by atomic mass is 9.96. The number of aromatic hydroxyl groups is 1. The van der Waals surface area contributed by atoms with E-state index < -0.39 is 0 Å². The van der Waals surface area contributed by atoms with Gasteiger partial charge in [0, 0.05) is 11.6 Å². The molecular weight excluding hydrogens is 260 g/mol. The summed E-state index contributed by atoms with van der Waals surface area (Å²) >= 11 is 0. The SMILES string of the molecule is CCOC(=O)CC1=C(C)c2cc(OC)c(O)cc2OC1. The lowest BCUT2D eigenvalue weighted by molar-refractivity contribution is -0.142. The third-order valence-corrected chi connectivity index (χ3v) is 3.28. The number of fused-ring (bicyclic) bond motifs is 1. The third kappa shape index (κ3) is 2.71. The zero-order valence-electron chi connectivity index (χ0n) is 11.9. The number of hydrogen-bond acceptors (Lipinski definition) is 5. The Labute approximate surface area is 117 Å². The molecule has 1 heterocycles. The molecule has 20 heavy (non-hydrogen) atoms. The van der Waals surface area contributed by atoms with Crippen molar-refractivity contribution in [2.75, 3.05) is 20.3 Å². The minimum absolute atomic E-state index is 0.0351. The first-order valence-corrected chi connectivity index (χ1v) is 6.45.